The molecule has 2 fully saturated rings. The van der Waals surface area contributed by atoms with Crippen LogP contribution in [-0.2, 0) is 0 Å². The Balaban J connectivity index is 0.000000303. The van der Waals surface area contributed by atoms with Gasteiger partial charge in [-0.1, -0.05) is 30.4 Å². The van der Waals surface area contributed by atoms with E-state index in [1.165, 1.54) is 5.01 Å². The van der Waals surface area contributed by atoms with Gasteiger partial charge in [0.15, 0.2) is 0 Å². The van der Waals surface area contributed by atoms with Gasteiger partial charge in [0.1, 0.15) is 5.75 Å². The zero-order valence-corrected chi connectivity index (χ0v) is 24.9. The molecule has 1 aromatic heterocycles. The van der Waals surface area contributed by atoms with E-state index in [2.05, 4.69) is 33.7 Å². The Morgan fingerprint density at radius 3 is 2.44 bits per heavy atom. The molecule has 0 saturated carbocycles. The highest BCUT2D eigenvalue weighted by Crippen LogP contribution is 2.33. The van der Waals surface area contributed by atoms with Crippen molar-refractivity contribution in [2.75, 3.05) is 34.3 Å². The predicted octanol–water partition coefficient (Wildman–Crippen LogP) is 4.17. The summed E-state index contributed by atoms with van der Waals surface area (Å²) >= 11 is 0. The van der Waals surface area contributed by atoms with Crippen LogP contribution in [0, 0.1) is 6.92 Å². The largest absolute Gasteiger partial charge is 0.495 e. The van der Waals surface area contributed by atoms with Gasteiger partial charge in [-0.05, 0) is 50.7 Å². The average Bonchev–Trinajstić information content (AvgIpc) is 3.54. The van der Waals surface area contributed by atoms with Gasteiger partial charge in [-0.3, -0.25) is 14.7 Å². The normalized spacial score (nSPS) is 19.1. The molecule has 2 aromatic rings. The number of likely N-dealkylation sites (tertiary alicyclic amines) is 2. The Labute approximate surface area is 250 Å². The van der Waals surface area contributed by atoms with E-state index in [4.69, 9.17) is 16.3 Å². The number of carbonyl (C=O) groups is 1. The van der Waals surface area contributed by atoms with Crippen molar-refractivity contribution in [1.29, 1.82) is 0 Å². The Kier molecular flexibility index (Phi) is 11.4. The molecular formula is C31H40F3N7O2. The second kappa shape index (κ2) is 14.7. The summed E-state index contributed by atoms with van der Waals surface area (Å²) in [5.74, 6) is 5.65. The summed E-state index contributed by atoms with van der Waals surface area (Å²) in [6.07, 6.45) is 4.67. The van der Waals surface area contributed by atoms with Crippen molar-refractivity contribution in [2.45, 2.75) is 38.0 Å². The molecule has 2 atom stereocenters. The number of nitrogens with zero attached hydrogens (tertiary/aromatic N) is 4. The number of pyridine rings is 1. The number of allylic oxidation sites excluding steroid dienone is 3. The summed E-state index contributed by atoms with van der Waals surface area (Å²) in [7, 11) is 5.35. The number of aryl methyl sites for hydroxylation is 1. The number of hydrazine groups is 1. The van der Waals surface area contributed by atoms with Crippen LogP contribution in [0.3, 0.4) is 0 Å². The van der Waals surface area contributed by atoms with Crippen molar-refractivity contribution in [3.05, 3.63) is 102 Å². The standard InChI is InChI=1S/C22H26F3N3O.C9H14N4O/c1-4-18(28-14-19-12-20(28)13-27(19)3)11-17(9-10-22(23,24)25)26-21(29)16-7-5-15(2)6-8-16;1-13(11)6-9(10)7-3-8(14-2)5-12-4-7/h4-9,11,19-20H,1,10,12-14H2,2-3H3,(H,26,29);3-6H,10-11H2,1-2H3/b17-9+,18-11+;9-6-. The van der Waals surface area contributed by atoms with Gasteiger partial charge in [0.25, 0.3) is 5.91 Å². The Bertz CT molecular complexity index is 1350. The lowest BCUT2D eigenvalue weighted by Gasteiger charge is -2.34. The monoisotopic (exact) mass is 599 g/mol. The highest BCUT2D eigenvalue weighted by molar-refractivity contribution is 5.95. The summed E-state index contributed by atoms with van der Waals surface area (Å²) in [5, 5.41) is 4.01. The first kappa shape index (κ1) is 33.2. The number of nitrogens with one attached hydrogen (secondary N) is 1. The number of fused-ring (bicyclic) bond motifs is 2. The Hall–Kier alpha value is -4.29. The van der Waals surface area contributed by atoms with Crippen molar-refractivity contribution in [2.24, 2.45) is 11.6 Å². The van der Waals surface area contributed by atoms with Gasteiger partial charge >= 0.3 is 6.18 Å². The number of carbonyl (C=O) groups excluding carboxylic acids is 1. The molecule has 4 rings (SSSR count). The van der Waals surface area contributed by atoms with Crippen LogP contribution >= 0.6 is 0 Å². The van der Waals surface area contributed by atoms with E-state index in [0.29, 0.717) is 29.1 Å². The molecule has 2 aliphatic rings. The predicted molar refractivity (Wildman–Crippen MR) is 162 cm³/mol. The van der Waals surface area contributed by atoms with Crippen LogP contribution in [0.2, 0.25) is 0 Å². The van der Waals surface area contributed by atoms with Crippen LogP contribution in [0.15, 0.2) is 85.1 Å². The zero-order chi connectivity index (χ0) is 31.7. The van der Waals surface area contributed by atoms with E-state index < -0.39 is 18.5 Å². The first-order chi connectivity index (χ1) is 20.3. The third kappa shape index (κ3) is 9.90. The number of piperazine rings is 1. The lowest BCUT2D eigenvalue weighted by atomic mass is 10.1. The summed E-state index contributed by atoms with van der Waals surface area (Å²) in [4.78, 5) is 21.0. The number of benzene rings is 1. The fourth-order valence-corrected chi connectivity index (χ4v) is 4.86. The summed E-state index contributed by atoms with van der Waals surface area (Å²) < 4.78 is 43.4. The van der Waals surface area contributed by atoms with Crippen LogP contribution in [0.1, 0.15) is 34.3 Å². The topological polar surface area (TPSA) is 113 Å². The van der Waals surface area contributed by atoms with Crippen molar-refractivity contribution >= 4 is 11.6 Å². The molecule has 2 aliphatic heterocycles. The molecule has 2 saturated heterocycles. The minimum atomic E-state index is -4.35. The number of hydrogen-bond acceptors (Lipinski definition) is 8. The number of methoxy groups -OCH3 is 1. The highest BCUT2D eigenvalue weighted by atomic mass is 19.4. The second-order valence-corrected chi connectivity index (χ2v) is 10.6. The van der Waals surface area contributed by atoms with Gasteiger partial charge in [0.2, 0.25) is 0 Å². The number of hydrogen-bond donors (Lipinski definition) is 3. The summed E-state index contributed by atoms with van der Waals surface area (Å²) in [5.41, 5.74) is 9.32. The summed E-state index contributed by atoms with van der Waals surface area (Å²) in [6, 6.07) is 9.42. The zero-order valence-electron chi connectivity index (χ0n) is 24.9. The van der Waals surface area contributed by atoms with Crippen molar-refractivity contribution in [3.8, 4) is 5.75 Å². The molecule has 0 aliphatic carbocycles. The van der Waals surface area contributed by atoms with Crippen LogP contribution in [0.5, 0.6) is 5.75 Å². The molecule has 232 valence electrons. The molecule has 5 N–H and O–H groups in total. The van der Waals surface area contributed by atoms with E-state index >= 15 is 0 Å². The molecule has 12 heteroatoms. The molecular weight excluding hydrogens is 559 g/mol. The molecule has 1 amide bonds. The fourth-order valence-electron chi connectivity index (χ4n) is 4.86. The van der Waals surface area contributed by atoms with E-state index in [9.17, 15) is 18.0 Å². The lowest BCUT2D eigenvalue weighted by molar-refractivity contribution is -0.125. The first-order valence-corrected chi connectivity index (χ1v) is 13.7. The molecule has 1 aromatic carbocycles. The smallest absolute Gasteiger partial charge is 0.392 e. The van der Waals surface area contributed by atoms with Crippen LogP contribution in [-0.4, -0.2) is 78.3 Å². The van der Waals surface area contributed by atoms with Gasteiger partial charge in [-0.2, -0.15) is 13.2 Å². The maximum absolute atomic E-state index is 12.8. The molecule has 0 spiro atoms. The Morgan fingerprint density at radius 2 is 1.91 bits per heavy atom. The molecule has 2 unspecified atom stereocenters. The molecule has 0 radical (unpaired) electrons. The van der Waals surface area contributed by atoms with Crippen LogP contribution < -0.4 is 21.6 Å². The number of rotatable bonds is 9. The van der Waals surface area contributed by atoms with Crippen molar-refractivity contribution in [1.82, 2.24) is 25.1 Å². The van der Waals surface area contributed by atoms with Gasteiger partial charge in [0.05, 0.1) is 25.4 Å². The van der Waals surface area contributed by atoms with Crippen LogP contribution in [0.4, 0.5) is 13.2 Å². The summed E-state index contributed by atoms with van der Waals surface area (Å²) in [6.45, 7) is 7.44. The average molecular weight is 600 g/mol. The Morgan fingerprint density at radius 1 is 1.21 bits per heavy atom. The number of aromatic nitrogens is 1. The van der Waals surface area contributed by atoms with E-state index in [0.717, 1.165) is 42.4 Å². The number of nitrogens with two attached hydrogens (primary N) is 2. The maximum Gasteiger partial charge on any atom is 0.392 e. The second-order valence-electron chi connectivity index (χ2n) is 10.6. The number of alkyl halides is 3. The first-order valence-electron chi connectivity index (χ1n) is 13.7. The minimum absolute atomic E-state index is 0.124. The number of likely N-dealkylation sites (N-methyl/N-ethyl adjacent to an activating group) is 1. The number of halogens is 3. The minimum Gasteiger partial charge on any atom is -0.495 e. The van der Waals surface area contributed by atoms with Gasteiger partial charge < -0.3 is 25.7 Å². The fraction of sp³-hybridized carbons (Fsp3) is 0.355. The van der Waals surface area contributed by atoms with E-state index in [-0.39, 0.29) is 5.70 Å². The number of amides is 1. The van der Waals surface area contributed by atoms with Gasteiger partial charge in [0, 0.05) is 67.1 Å². The quantitative estimate of drug-likeness (QED) is 0.224. The lowest BCUT2D eigenvalue weighted by Crippen LogP contribution is -2.43. The van der Waals surface area contributed by atoms with Crippen LogP contribution in [0.25, 0.3) is 5.70 Å². The molecule has 43 heavy (non-hydrogen) atoms. The van der Waals surface area contributed by atoms with Gasteiger partial charge in [-0.15, -0.1) is 0 Å². The highest BCUT2D eigenvalue weighted by Gasteiger charge is 2.41. The maximum atomic E-state index is 12.8. The van der Waals surface area contributed by atoms with E-state index in [1.54, 1.807) is 75.2 Å². The van der Waals surface area contributed by atoms with Crippen molar-refractivity contribution < 1.29 is 22.7 Å². The third-order valence-electron chi connectivity index (χ3n) is 7.11. The molecule has 3 heterocycles. The van der Waals surface area contributed by atoms with E-state index in [1.807, 2.05) is 6.92 Å². The van der Waals surface area contributed by atoms with Gasteiger partial charge in [-0.25, -0.2) is 5.84 Å². The van der Waals surface area contributed by atoms with Crippen molar-refractivity contribution in [3.63, 3.8) is 0 Å². The number of ether oxygens (including phenoxy) is 1. The SMILES string of the molecule is C=C/C(=C\C(=C/CC(F)(F)F)NC(=O)c1ccc(C)cc1)N1CC2CC1CN2C.COc1cncc(/C(N)=C/N(C)N)c1. The third-order valence-corrected chi connectivity index (χ3v) is 7.11. The molecule has 2 bridgehead atoms. The molecule has 9 nitrogen and oxygen atoms in total.